The van der Waals surface area contributed by atoms with Gasteiger partial charge in [0.05, 0.1) is 43.0 Å². The van der Waals surface area contributed by atoms with Gasteiger partial charge in [-0.1, -0.05) is 41.9 Å². The predicted molar refractivity (Wildman–Crippen MR) is 146 cm³/mol. The fraction of sp³-hybridized carbons (Fsp3) is 0.267. The first-order chi connectivity index (χ1) is 18.2. The van der Waals surface area contributed by atoms with Gasteiger partial charge in [0.2, 0.25) is 0 Å². The van der Waals surface area contributed by atoms with Crippen molar-refractivity contribution < 1.29 is 28.9 Å². The molecular weight excluding hydrogens is 506 g/mol. The van der Waals surface area contributed by atoms with E-state index in [1.54, 1.807) is 55.6 Å². The highest BCUT2D eigenvalue weighted by molar-refractivity contribution is 6.47. The molecule has 38 heavy (non-hydrogen) atoms. The van der Waals surface area contributed by atoms with Crippen molar-refractivity contribution in [2.45, 2.75) is 39.5 Å². The van der Waals surface area contributed by atoms with Gasteiger partial charge in [-0.3, -0.25) is 9.59 Å². The van der Waals surface area contributed by atoms with Crippen LogP contribution >= 0.6 is 11.6 Å². The summed E-state index contributed by atoms with van der Waals surface area (Å²) in [4.78, 5) is 28.3. The number of ketones is 1. The molecule has 3 aromatic rings. The summed E-state index contributed by atoms with van der Waals surface area (Å²) in [5, 5.41) is 11.7. The maximum absolute atomic E-state index is 13.5. The van der Waals surface area contributed by atoms with Crippen molar-refractivity contribution in [3.63, 3.8) is 0 Å². The number of carbonyl (C=O) groups is 2. The minimum absolute atomic E-state index is 0.0169. The number of amides is 1. The molecule has 7 nitrogen and oxygen atoms in total. The second kappa shape index (κ2) is 11.6. The molecule has 0 bridgehead atoms. The van der Waals surface area contributed by atoms with E-state index in [1.165, 1.54) is 4.90 Å². The summed E-state index contributed by atoms with van der Waals surface area (Å²) in [5.74, 6) is -0.192. The molecule has 8 heteroatoms. The third-order valence-electron chi connectivity index (χ3n) is 6.14. The van der Waals surface area contributed by atoms with Crippen molar-refractivity contribution in [1.29, 1.82) is 0 Å². The number of aliphatic hydroxyl groups is 1. The molecule has 198 valence electrons. The van der Waals surface area contributed by atoms with Crippen LogP contribution < -0.4 is 14.2 Å². The Balaban J connectivity index is 1.87. The molecule has 1 aliphatic rings. The minimum atomic E-state index is -0.875. The normalized spacial score (nSPS) is 16.7. The topological polar surface area (TPSA) is 85.3 Å². The molecule has 1 N–H and O–H groups in total. The van der Waals surface area contributed by atoms with Crippen molar-refractivity contribution in [2.75, 3.05) is 13.7 Å². The molecule has 1 aliphatic heterocycles. The molecule has 4 rings (SSSR count). The second-order valence-corrected chi connectivity index (χ2v) is 9.46. The number of likely N-dealkylation sites (tertiary alicyclic amines) is 1. The molecule has 1 unspecified atom stereocenters. The fourth-order valence-corrected chi connectivity index (χ4v) is 4.70. The Morgan fingerprint density at radius 1 is 1.03 bits per heavy atom. The number of ether oxygens (including phenoxy) is 3. The van der Waals surface area contributed by atoms with Crippen LogP contribution in [-0.4, -0.2) is 41.5 Å². The highest BCUT2D eigenvalue weighted by Crippen LogP contribution is 2.42. The van der Waals surface area contributed by atoms with E-state index in [4.69, 9.17) is 25.8 Å². The molecule has 1 atom stereocenters. The number of Topliss-reactive ketones (excluding diaryl/α,β-unsaturated/α-hetero) is 1. The van der Waals surface area contributed by atoms with E-state index >= 15 is 0 Å². The number of hydrogen-bond acceptors (Lipinski definition) is 6. The monoisotopic (exact) mass is 535 g/mol. The van der Waals surface area contributed by atoms with Gasteiger partial charge in [-0.25, -0.2) is 0 Å². The molecule has 1 heterocycles. The molecule has 1 saturated heterocycles. The molecule has 0 aliphatic carbocycles. The average Bonchev–Trinajstić information content (AvgIpc) is 3.15. The number of benzene rings is 3. The van der Waals surface area contributed by atoms with Gasteiger partial charge in [0.25, 0.3) is 11.7 Å². The number of hydrogen-bond donors (Lipinski definition) is 1. The van der Waals surface area contributed by atoms with Crippen molar-refractivity contribution >= 4 is 29.1 Å². The number of halogens is 1. The summed E-state index contributed by atoms with van der Waals surface area (Å²) in [5.41, 5.74) is 1.50. The maximum atomic E-state index is 13.5. The molecule has 1 fully saturated rings. The zero-order chi connectivity index (χ0) is 27.4. The van der Waals surface area contributed by atoms with E-state index in [0.717, 1.165) is 5.56 Å². The lowest BCUT2D eigenvalue weighted by atomic mass is 9.95. The van der Waals surface area contributed by atoms with Crippen LogP contribution in [0.25, 0.3) is 5.76 Å². The van der Waals surface area contributed by atoms with Crippen molar-refractivity contribution in [3.8, 4) is 17.2 Å². The van der Waals surface area contributed by atoms with Crippen LogP contribution in [0.2, 0.25) is 5.02 Å². The van der Waals surface area contributed by atoms with Crippen LogP contribution in [-0.2, 0) is 16.1 Å². The van der Waals surface area contributed by atoms with Crippen LogP contribution in [0.3, 0.4) is 0 Å². The van der Waals surface area contributed by atoms with E-state index in [2.05, 4.69) is 0 Å². The maximum Gasteiger partial charge on any atom is 0.295 e. The first-order valence-corrected chi connectivity index (χ1v) is 12.7. The standard InChI is InChI=1S/C30H30ClNO6/c1-5-37-22-14-15-24(31)23(16-22)28(33)26-27(19-10-12-21(13-11-19)38-18(2)3)32(30(35)29(26)34)17-20-8-6-7-9-25(20)36-4/h6-16,18,27,33H,5,17H2,1-4H3/b28-26+. The zero-order valence-corrected chi connectivity index (χ0v) is 22.5. The average molecular weight is 536 g/mol. The van der Waals surface area contributed by atoms with Gasteiger partial charge in [-0.15, -0.1) is 0 Å². The van der Waals surface area contributed by atoms with Crippen LogP contribution in [0.1, 0.15) is 43.5 Å². The molecule has 0 spiro atoms. The van der Waals surface area contributed by atoms with E-state index in [-0.39, 0.29) is 34.6 Å². The minimum Gasteiger partial charge on any atom is -0.507 e. The Bertz CT molecular complexity index is 1370. The number of nitrogens with zero attached hydrogens (tertiary/aromatic N) is 1. The third-order valence-corrected chi connectivity index (χ3v) is 6.47. The largest absolute Gasteiger partial charge is 0.507 e. The van der Waals surface area contributed by atoms with E-state index in [9.17, 15) is 14.7 Å². The summed E-state index contributed by atoms with van der Waals surface area (Å²) in [6.07, 6.45) is -0.0169. The summed E-state index contributed by atoms with van der Waals surface area (Å²) < 4.78 is 16.8. The van der Waals surface area contributed by atoms with Crippen molar-refractivity contribution in [3.05, 3.63) is 94.0 Å². The zero-order valence-electron chi connectivity index (χ0n) is 21.7. The Morgan fingerprint density at radius 3 is 2.37 bits per heavy atom. The number of carbonyl (C=O) groups excluding carboxylic acids is 2. The van der Waals surface area contributed by atoms with Gasteiger partial charge in [0.15, 0.2) is 0 Å². The summed E-state index contributed by atoms with van der Waals surface area (Å²) >= 11 is 6.43. The molecule has 0 aromatic heterocycles. The quantitative estimate of drug-likeness (QED) is 0.201. The molecule has 3 aromatic carbocycles. The van der Waals surface area contributed by atoms with Gasteiger partial charge in [-0.05, 0) is 62.7 Å². The lowest BCUT2D eigenvalue weighted by molar-refractivity contribution is -0.140. The van der Waals surface area contributed by atoms with E-state index in [1.807, 2.05) is 39.0 Å². The first-order valence-electron chi connectivity index (χ1n) is 12.3. The molecule has 0 radical (unpaired) electrons. The van der Waals surface area contributed by atoms with E-state index in [0.29, 0.717) is 29.4 Å². The van der Waals surface area contributed by atoms with Crippen LogP contribution in [0.4, 0.5) is 0 Å². The van der Waals surface area contributed by atoms with Gasteiger partial charge < -0.3 is 24.2 Å². The van der Waals surface area contributed by atoms with Gasteiger partial charge in [0, 0.05) is 11.1 Å². The van der Waals surface area contributed by atoms with Gasteiger partial charge >= 0.3 is 0 Å². The van der Waals surface area contributed by atoms with Crippen LogP contribution in [0.15, 0.2) is 72.3 Å². The second-order valence-electron chi connectivity index (χ2n) is 9.05. The number of para-hydroxylation sites is 1. The number of aliphatic hydroxyl groups excluding tert-OH is 1. The predicted octanol–water partition coefficient (Wildman–Crippen LogP) is 6.16. The Morgan fingerprint density at radius 2 is 1.71 bits per heavy atom. The Hall–Kier alpha value is -3.97. The molecule has 0 saturated carbocycles. The van der Waals surface area contributed by atoms with Crippen LogP contribution in [0, 0.1) is 0 Å². The lowest BCUT2D eigenvalue weighted by Crippen LogP contribution is -2.29. The highest BCUT2D eigenvalue weighted by atomic mass is 35.5. The van der Waals surface area contributed by atoms with Crippen molar-refractivity contribution in [1.82, 2.24) is 4.90 Å². The highest BCUT2D eigenvalue weighted by Gasteiger charge is 2.46. The summed E-state index contributed by atoms with van der Waals surface area (Å²) in [6.45, 7) is 6.19. The Kier molecular flexibility index (Phi) is 8.27. The van der Waals surface area contributed by atoms with Crippen molar-refractivity contribution in [2.24, 2.45) is 0 Å². The summed E-state index contributed by atoms with van der Waals surface area (Å²) in [6, 6.07) is 18.4. The third kappa shape index (κ3) is 5.48. The lowest BCUT2D eigenvalue weighted by Gasteiger charge is -2.26. The molecule has 1 amide bonds. The van der Waals surface area contributed by atoms with Gasteiger partial charge in [0.1, 0.15) is 23.0 Å². The van der Waals surface area contributed by atoms with Crippen LogP contribution in [0.5, 0.6) is 17.2 Å². The molecular formula is C30H30ClNO6. The first kappa shape index (κ1) is 27.1. The fourth-order valence-electron chi connectivity index (χ4n) is 4.49. The number of rotatable bonds is 9. The smallest absolute Gasteiger partial charge is 0.295 e. The Labute approximate surface area is 227 Å². The van der Waals surface area contributed by atoms with E-state index < -0.39 is 17.7 Å². The summed E-state index contributed by atoms with van der Waals surface area (Å²) in [7, 11) is 1.55. The number of methoxy groups -OCH3 is 1. The van der Waals surface area contributed by atoms with Gasteiger partial charge in [-0.2, -0.15) is 0 Å². The SMILES string of the molecule is CCOc1ccc(Cl)c(/C(O)=C2\C(=O)C(=O)N(Cc3ccccc3OC)C2c2ccc(OC(C)C)cc2)c1.